The number of nitrogens with zero attached hydrogens (tertiary/aromatic N) is 24. The van der Waals surface area contributed by atoms with Gasteiger partial charge >= 0.3 is 0 Å². The lowest BCUT2D eigenvalue weighted by molar-refractivity contribution is 0.363. The third-order valence-corrected chi connectivity index (χ3v) is 24.5. The van der Waals surface area contributed by atoms with Crippen LogP contribution in [0.5, 0.6) is 0 Å². The van der Waals surface area contributed by atoms with Crippen molar-refractivity contribution in [1.29, 1.82) is 0 Å². The number of hydrogen-bond acceptors (Lipinski definition) is 24. The van der Waals surface area contributed by atoms with E-state index in [2.05, 4.69) is 388 Å². The fourth-order valence-electron chi connectivity index (χ4n) is 16.9. The first kappa shape index (κ1) is 112. The van der Waals surface area contributed by atoms with Gasteiger partial charge < -0.3 is 34.4 Å². The van der Waals surface area contributed by atoms with Crippen LogP contribution in [-0.4, -0.2) is 118 Å². The fraction of sp³-hybridized carbons (Fsp3) is 0.310. The van der Waals surface area contributed by atoms with Crippen LogP contribution in [-0.2, 0) is 58.9 Å². The predicted molar refractivity (Wildman–Crippen MR) is 614 cm³/mol. The molecule has 0 unspecified atom stereocenters. The zero-order valence-corrected chi connectivity index (χ0v) is 85.5. The summed E-state index contributed by atoms with van der Waals surface area (Å²) in [6.45, 7) is 39.9. The summed E-state index contributed by atoms with van der Waals surface area (Å²) in [5, 5.41) is 41.1. The Hall–Kier alpha value is -14.9. The molecule has 12 heterocycles. The largest absolute Gasteiger partial charge is 0.383 e. The van der Waals surface area contributed by atoms with Gasteiger partial charge in [-0.2, -0.15) is 30.6 Å². The van der Waals surface area contributed by atoms with Crippen LogP contribution in [0.1, 0.15) is 220 Å². The Balaban J connectivity index is 0.000000177. The van der Waals surface area contributed by atoms with Crippen molar-refractivity contribution in [1.82, 2.24) is 118 Å². The second-order valence-electron chi connectivity index (χ2n) is 40.4. The lowest BCUT2D eigenvalue weighted by atomic mass is 10.0. The van der Waals surface area contributed by atoms with Crippen molar-refractivity contribution >= 4 is 172 Å². The quantitative estimate of drug-likeness (QED) is 0.0693. The molecule has 0 atom stereocenters. The summed E-state index contributed by atoms with van der Waals surface area (Å²) in [7, 11) is 0. The Bertz CT molecular complexity index is 7770. The third-order valence-electron chi connectivity index (χ3n) is 23.3. The molecule has 0 aliphatic heterocycles. The van der Waals surface area contributed by atoms with E-state index in [-0.39, 0.29) is 77.8 Å². The van der Waals surface area contributed by atoms with Gasteiger partial charge in [-0.3, -0.25) is 0 Å². The molecule has 0 saturated carbocycles. The first-order valence-electron chi connectivity index (χ1n) is 45.9. The van der Waals surface area contributed by atoms with Gasteiger partial charge in [0.05, 0.1) is 88.3 Å². The van der Waals surface area contributed by atoms with E-state index in [4.69, 9.17) is 65.0 Å². The standard InChI is InChI=1S/C20H21N5.2C19H19N5.C17H21N5.C16H18BrN5.C16H18IN5.6CH4/c1-20(2,3)25-19-17(18(21)22-12-23-19)16(24-25)11-14-9-6-8-13-7-4-5-10-15(13)14;1-19(2,3)24-18-15(17(20)21-11-22-18)16(23-24)14-10-6-8-12-7-4-5-9-13(12)14;1-19(2,3)24-18-15(17(20)21-11-22-18)16(23-24)14-9-8-12-6-4-5-7-13(12)10-14;1-11-6-5-7-12(8-11)9-13-14-15(18)19-10-20-16(14)22(21-13)17(2,3)4;2*1-16(2,3)22-15-13(14(18)19-9-20-15)12(21-22)8-10-5-4-6-11(17)7-10;;;;;;/h4-10,12H,11H2,1-3H3,(H2,21,22,23);2*4-11H,1-3H3,(H2,20,21,22);5-8,10H,9H2,1-4H3,(H2,18,19,20);2*4-7,9H,8H2,1-3H3,(H2,18,19,20);6*1H4. The Morgan fingerprint density at radius 3 is 0.972 bits per heavy atom. The van der Waals surface area contributed by atoms with E-state index in [0.717, 1.165) is 133 Å². The van der Waals surface area contributed by atoms with Crippen molar-refractivity contribution < 1.29 is 0 Å². The molecule has 0 fully saturated rings. The van der Waals surface area contributed by atoms with E-state index in [9.17, 15) is 0 Å². The second-order valence-corrected chi connectivity index (χ2v) is 42.6. The summed E-state index contributed by atoms with van der Waals surface area (Å²) in [6.07, 6.45) is 11.8. The number of anilines is 6. The van der Waals surface area contributed by atoms with Crippen LogP contribution in [0.15, 0.2) is 243 Å². The monoisotopic (exact) mass is 2120 g/mol. The number of nitrogen functional groups attached to an aromatic ring is 6. The first-order chi connectivity index (χ1) is 65.9. The summed E-state index contributed by atoms with van der Waals surface area (Å²) in [4.78, 5) is 51.4. The molecule has 0 aliphatic carbocycles. The molecule has 9 aromatic carbocycles. The van der Waals surface area contributed by atoms with Crippen LogP contribution in [0.4, 0.5) is 34.9 Å². The zero-order valence-electron chi connectivity index (χ0n) is 81.8. The molecule has 12 N–H and O–H groups in total. The van der Waals surface area contributed by atoms with Gasteiger partial charge in [0, 0.05) is 44.9 Å². The van der Waals surface area contributed by atoms with Crippen molar-refractivity contribution in [2.24, 2.45) is 0 Å². The minimum absolute atomic E-state index is 0. The number of halogens is 2. The first-order valence-corrected chi connectivity index (χ1v) is 47.7. The summed E-state index contributed by atoms with van der Waals surface area (Å²) in [6, 6.07) is 68.8. The van der Waals surface area contributed by atoms with Crippen LogP contribution in [0.3, 0.4) is 0 Å². The van der Waals surface area contributed by atoms with Gasteiger partial charge in [-0.25, -0.2) is 87.9 Å². The van der Waals surface area contributed by atoms with Crippen LogP contribution in [0, 0.1) is 10.5 Å². The van der Waals surface area contributed by atoms with Gasteiger partial charge in [0.25, 0.3) is 0 Å². The molecular formula is C113H140BrIN30. The molecule has 30 nitrogen and oxygen atoms in total. The average molecular weight is 2130 g/mol. The molecule has 0 spiro atoms. The maximum absolute atomic E-state index is 6.19. The van der Waals surface area contributed by atoms with Crippen LogP contribution < -0.4 is 34.4 Å². The Kier molecular flexibility index (Phi) is 34.7. The number of nitrogens with two attached hydrogens (primary N) is 6. The highest BCUT2D eigenvalue weighted by Gasteiger charge is 2.31. The highest BCUT2D eigenvalue weighted by Crippen LogP contribution is 2.41. The Morgan fingerprint density at radius 1 is 0.269 bits per heavy atom. The molecule has 0 amide bonds. The SMILES string of the molecule is C.C.C.C.C.C.CC(C)(C)n1nc(-c2ccc3ccccc3c2)c2c(N)ncnc21.CC(C)(C)n1nc(-c2cccc3ccccc23)c2c(N)ncnc21.CC(C)(C)n1nc(Cc2cccc(Br)c2)c2c(N)ncnc21.CC(C)(C)n1nc(Cc2cccc(I)c2)c2c(N)ncnc21.CC(C)(C)n1nc(Cc2cccc3ccccc23)c2c(N)ncnc21.Cc1cccc(Cc2nn(C(C)(C)C)c3ncnc(N)c23)c1. The van der Waals surface area contributed by atoms with E-state index >= 15 is 0 Å². The molecule has 0 saturated heterocycles. The van der Waals surface area contributed by atoms with Gasteiger partial charge in [-0.05, 0) is 239 Å². The van der Waals surface area contributed by atoms with Gasteiger partial charge in [0.15, 0.2) is 33.9 Å². The number of benzene rings is 9. The minimum Gasteiger partial charge on any atom is -0.383 e. The van der Waals surface area contributed by atoms with Gasteiger partial charge in [0.2, 0.25) is 0 Å². The molecule has 32 heteroatoms. The molecule has 0 aliphatic rings. The van der Waals surface area contributed by atoms with Crippen molar-refractivity contribution in [3.05, 3.63) is 297 Å². The van der Waals surface area contributed by atoms with E-state index in [1.165, 1.54) is 90.7 Å². The molecule has 756 valence electrons. The van der Waals surface area contributed by atoms with Gasteiger partial charge in [-0.1, -0.05) is 236 Å². The normalized spacial score (nSPS) is 11.6. The third kappa shape index (κ3) is 24.3. The Morgan fingerprint density at radius 2 is 0.572 bits per heavy atom. The number of aryl methyl sites for hydroxylation is 1. The van der Waals surface area contributed by atoms with Crippen molar-refractivity contribution in [2.45, 2.75) is 235 Å². The van der Waals surface area contributed by atoms with Gasteiger partial charge in [0.1, 0.15) is 84.3 Å². The minimum atomic E-state index is -0.206. The lowest BCUT2D eigenvalue weighted by Gasteiger charge is -2.19. The number of hydrogen-bond donors (Lipinski definition) is 6. The molecule has 0 bridgehead atoms. The lowest BCUT2D eigenvalue weighted by Crippen LogP contribution is -2.23. The van der Waals surface area contributed by atoms with E-state index in [0.29, 0.717) is 54.2 Å². The molecular weight excluding hydrogens is 1980 g/mol. The number of rotatable bonds is 10. The Labute approximate surface area is 872 Å². The smallest absolute Gasteiger partial charge is 0.164 e. The van der Waals surface area contributed by atoms with Gasteiger partial charge in [-0.15, -0.1) is 0 Å². The van der Waals surface area contributed by atoms with Crippen molar-refractivity contribution in [2.75, 3.05) is 34.4 Å². The van der Waals surface area contributed by atoms with Crippen molar-refractivity contribution in [3.8, 4) is 22.5 Å². The number of fused-ring (bicyclic) bond motifs is 9. The zero-order chi connectivity index (χ0) is 99.1. The fourth-order valence-corrected chi connectivity index (χ4v) is 18.0. The summed E-state index contributed by atoms with van der Waals surface area (Å²) in [5.41, 5.74) is 53.8. The van der Waals surface area contributed by atoms with Crippen LogP contribution >= 0.6 is 38.5 Å². The van der Waals surface area contributed by atoms with Crippen LogP contribution in [0.2, 0.25) is 0 Å². The van der Waals surface area contributed by atoms with E-state index in [1.54, 1.807) is 0 Å². The molecule has 12 aromatic heterocycles. The second kappa shape index (κ2) is 44.9. The number of aromatic nitrogens is 24. The average Bonchev–Trinajstić information content (AvgIpc) is 1.60. The predicted octanol–water partition coefficient (Wildman–Crippen LogP) is 25.6. The maximum Gasteiger partial charge on any atom is 0.164 e. The topological polar surface area (TPSA) is 418 Å². The maximum atomic E-state index is 6.19. The molecule has 145 heavy (non-hydrogen) atoms. The molecule has 21 aromatic rings. The summed E-state index contributed by atoms with van der Waals surface area (Å²) >= 11 is 5.82. The highest BCUT2D eigenvalue weighted by molar-refractivity contribution is 14.1. The van der Waals surface area contributed by atoms with E-state index < -0.39 is 0 Å². The van der Waals surface area contributed by atoms with Crippen molar-refractivity contribution in [3.63, 3.8) is 0 Å². The summed E-state index contributed by atoms with van der Waals surface area (Å²) < 4.78 is 13.8. The summed E-state index contributed by atoms with van der Waals surface area (Å²) in [5.74, 6) is 2.85. The molecule has 0 radical (unpaired) electrons. The van der Waals surface area contributed by atoms with Crippen LogP contribution in [0.25, 0.3) is 121 Å². The highest BCUT2D eigenvalue weighted by atomic mass is 127. The molecule has 21 rings (SSSR count). The van der Waals surface area contributed by atoms with E-state index in [1.807, 2.05) is 70.6 Å².